The number of rotatable bonds is 6. The van der Waals surface area contributed by atoms with E-state index in [9.17, 15) is 4.79 Å². The molecule has 4 nitrogen and oxygen atoms in total. The summed E-state index contributed by atoms with van der Waals surface area (Å²) in [6, 6.07) is 7.33. The summed E-state index contributed by atoms with van der Waals surface area (Å²) in [5.74, 6) is 0.690. The Kier molecular flexibility index (Phi) is 5.49. The molecule has 0 radical (unpaired) electrons. The molecular formula is C13H19NO3. The van der Waals surface area contributed by atoms with Crippen molar-refractivity contribution in [3.05, 3.63) is 24.3 Å². The highest BCUT2D eigenvalue weighted by Gasteiger charge is 2.07. The van der Waals surface area contributed by atoms with Crippen LogP contribution in [0, 0.1) is 5.92 Å². The van der Waals surface area contributed by atoms with Crippen LogP contribution in [-0.2, 0) is 9.53 Å². The zero-order valence-electron chi connectivity index (χ0n) is 10.5. The summed E-state index contributed by atoms with van der Waals surface area (Å²) < 4.78 is 10.3. The molecule has 0 fully saturated rings. The molecule has 0 aromatic heterocycles. The maximum Gasteiger partial charge on any atom is 0.226 e. The van der Waals surface area contributed by atoms with E-state index in [4.69, 9.17) is 9.47 Å². The summed E-state index contributed by atoms with van der Waals surface area (Å²) in [6.45, 7) is 4.75. The minimum absolute atomic E-state index is 0.000887. The van der Waals surface area contributed by atoms with Crippen molar-refractivity contribution in [2.75, 3.05) is 25.6 Å². The monoisotopic (exact) mass is 237 g/mol. The van der Waals surface area contributed by atoms with Crippen LogP contribution in [0.2, 0.25) is 0 Å². The zero-order chi connectivity index (χ0) is 12.7. The van der Waals surface area contributed by atoms with Gasteiger partial charge in [0, 0.05) is 24.8 Å². The molecule has 0 atom stereocenters. The first-order valence-corrected chi connectivity index (χ1v) is 5.66. The summed E-state index contributed by atoms with van der Waals surface area (Å²) in [7, 11) is 1.63. The summed E-state index contributed by atoms with van der Waals surface area (Å²) >= 11 is 0. The van der Waals surface area contributed by atoms with Crippen molar-refractivity contribution in [3.63, 3.8) is 0 Å². The number of hydrogen-bond donors (Lipinski definition) is 1. The molecule has 0 aliphatic heterocycles. The van der Waals surface area contributed by atoms with Crippen LogP contribution >= 0.6 is 0 Å². The molecule has 0 unspecified atom stereocenters. The number of benzene rings is 1. The molecule has 0 aliphatic carbocycles. The standard InChI is InChI=1S/C13H19NO3/c1-10(2)13(15)14-11-5-4-6-12(9-11)17-8-7-16-3/h4-6,9-10H,7-8H2,1-3H3,(H,14,15). The number of anilines is 1. The molecule has 94 valence electrons. The summed E-state index contributed by atoms with van der Waals surface area (Å²) in [5.41, 5.74) is 0.749. The van der Waals surface area contributed by atoms with E-state index < -0.39 is 0 Å². The van der Waals surface area contributed by atoms with Crippen LogP contribution in [0.1, 0.15) is 13.8 Å². The highest BCUT2D eigenvalue weighted by Crippen LogP contribution is 2.17. The van der Waals surface area contributed by atoms with E-state index in [1.807, 2.05) is 32.0 Å². The van der Waals surface area contributed by atoms with Gasteiger partial charge >= 0.3 is 0 Å². The van der Waals surface area contributed by atoms with E-state index in [1.165, 1.54) is 0 Å². The third-order valence-electron chi connectivity index (χ3n) is 2.18. The normalized spacial score (nSPS) is 10.4. The second-order valence-electron chi connectivity index (χ2n) is 4.01. The predicted octanol–water partition coefficient (Wildman–Crippen LogP) is 2.31. The van der Waals surface area contributed by atoms with Gasteiger partial charge in [-0.2, -0.15) is 0 Å². The summed E-state index contributed by atoms with van der Waals surface area (Å²) in [4.78, 5) is 11.5. The SMILES string of the molecule is COCCOc1cccc(NC(=O)C(C)C)c1. The number of ether oxygens (including phenoxy) is 2. The van der Waals surface area contributed by atoms with Crippen molar-refractivity contribution < 1.29 is 14.3 Å². The molecule has 1 rings (SSSR count). The third kappa shape index (κ3) is 4.87. The third-order valence-corrected chi connectivity index (χ3v) is 2.18. The minimum atomic E-state index is -0.0342. The van der Waals surface area contributed by atoms with E-state index in [2.05, 4.69) is 5.32 Å². The number of carbonyl (C=O) groups excluding carboxylic acids is 1. The fourth-order valence-electron chi connectivity index (χ4n) is 1.19. The number of methoxy groups -OCH3 is 1. The Balaban J connectivity index is 2.56. The van der Waals surface area contributed by atoms with Crippen LogP contribution in [0.5, 0.6) is 5.75 Å². The Labute approximate surface area is 102 Å². The zero-order valence-corrected chi connectivity index (χ0v) is 10.5. The van der Waals surface area contributed by atoms with Gasteiger partial charge < -0.3 is 14.8 Å². The van der Waals surface area contributed by atoms with E-state index in [-0.39, 0.29) is 11.8 Å². The largest absolute Gasteiger partial charge is 0.491 e. The van der Waals surface area contributed by atoms with Gasteiger partial charge in [0.05, 0.1) is 6.61 Å². The molecule has 4 heteroatoms. The molecule has 0 saturated carbocycles. The Morgan fingerprint density at radius 3 is 2.76 bits per heavy atom. The van der Waals surface area contributed by atoms with Gasteiger partial charge in [0.15, 0.2) is 0 Å². The quantitative estimate of drug-likeness (QED) is 0.772. The Morgan fingerprint density at radius 2 is 2.12 bits per heavy atom. The van der Waals surface area contributed by atoms with Gasteiger partial charge in [-0.1, -0.05) is 19.9 Å². The van der Waals surface area contributed by atoms with Gasteiger partial charge in [-0.3, -0.25) is 4.79 Å². The molecule has 0 heterocycles. The van der Waals surface area contributed by atoms with Gasteiger partial charge in [0.25, 0.3) is 0 Å². The van der Waals surface area contributed by atoms with Crippen LogP contribution < -0.4 is 10.1 Å². The van der Waals surface area contributed by atoms with Crippen LogP contribution in [0.3, 0.4) is 0 Å². The van der Waals surface area contributed by atoms with Gasteiger partial charge in [-0.25, -0.2) is 0 Å². The maximum absolute atomic E-state index is 11.5. The topological polar surface area (TPSA) is 47.6 Å². The summed E-state index contributed by atoms with van der Waals surface area (Å²) in [6.07, 6.45) is 0. The van der Waals surface area contributed by atoms with Crippen LogP contribution in [-0.4, -0.2) is 26.2 Å². The molecular weight excluding hydrogens is 218 g/mol. The second kappa shape index (κ2) is 6.91. The first-order valence-electron chi connectivity index (χ1n) is 5.66. The smallest absolute Gasteiger partial charge is 0.226 e. The number of amides is 1. The predicted molar refractivity (Wildman–Crippen MR) is 67.3 cm³/mol. The molecule has 0 aliphatic rings. The molecule has 17 heavy (non-hydrogen) atoms. The summed E-state index contributed by atoms with van der Waals surface area (Å²) in [5, 5.41) is 2.82. The Morgan fingerprint density at radius 1 is 1.35 bits per heavy atom. The average Bonchev–Trinajstić information content (AvgIpc) is 2.30. The Hall–Kier alpha value is -1.55. The number of nitrogens with one attached hydrogen (secondary N) is 1. The fourth-order valence-corrected chi connectivity index (χ4v) is 1.19. The molecule has 1 aromatic rings. The van der Waals surface area contributed by atoms with Gasteiger partial charge in [0.2, 0.25) is 5.91 Å². The molecule has 1 aromatic carbocycles. The van der Waals surface area contributed by atoms with Gasteiger partial charge in [0.1, 0.15) is 12.4 Å². The molecule has 1 amide bonds. The number of carbonyl (C=O) groups is 1. The van der Waals surface area contributed by atoms with Crippen LogP contribution in [0.4, 0.5) is 5.69 Å². The second-order valence-corrected chi connectivity index (χ2v) is 4.01. The van der Waals surface area contributed by atoms with Crippen molar-refractivity contribution in [1.29, 1.82) is 0 Å². The lowest BCUT2D eigenvalue weighted by molar-refractivity contribution is -0.118. The molecule has 0 spiro atoms. The first kappa shape index (κ1) is 13.5. The fraction of sp³-hybridized carbons (Fsp3) is 0.462. The molecule has 0 saturated heterocycles. The first-order chi connectivity index (χ1) is 8.13. The van der Waals surface area contributed by atoms with E-state index in [1.54, 1.807) is 13.2 Å². The highest BCUT2D eigenvalue weighted by molar-refractivity contribution is 5.92. The average molecular weight is 237 g/mol. The Bertz CT molecular complexity index is 363. The van der Waals surface area contributed by atoms with E-state index >= 15 is 0 Å². The van der Waals surface area contributed by atoms with E-state index in [0.29, 0.717) is 13.2 Å². The number of hydrogen-bond acceptors (Lipinski definition) is 3. The van der Waals surface area contributed by atoms with Crippen molar-refractivity contribution in [2.45, 2.75) is 13.8 Å². The lowest BCUT2D eigenvalue weighted by Gasteiger charge is -2.10. The van der Waals surface area contributed by atoms with Crippen molar-refractivity contribution in [1.82, 2.24) is 0 Å². The highest BCUT2D eigenvalue weighted by atomic mass is 16.5. The lowest BCUT2D eigenvalue weighted by Crippen LogP contribution is -2.17. The van der Waals surface area contributed by atoms with Crippen molar-refractivity contribution in [3.8, 4) is 5.75 Å². The van der Waals surface area contributed by atoms with Crippen LogP contribution in [0.25, 0.3) is 0 Å². The lowest BCUT2D eigenvalue weighted by atomic mass is 10.2. The molecule has 1 N–H and O–H groups in total. The van der Waals surface area contributed by atoms with Crippen LogP contribution in [0.15, 0.2) is 24.3 Å². The van der Waals surface area contributed by atoms with Crippen molar-refractivity contribution >= 4 is 11.6 Å². The van der Waals surface area contributed by atoms with E-state index in [0.717, 1.165) is 11.4 Å². The van der Waals surface area contributed by atoms with Crippen molar-refractivity contribution in [2.24, 2.45) is 5.92 Å². The van der Waals surface area contributed by atoms with Gasteiger partial charge in [-0.05, 0) is 12.1 Å². The van der Waals surface area contributed by atoms with Gasteiger partial charge in [-0.15, -0.1) is 0 Å². The maximum atomic E-state index is 11.5. The minimum Gasteiger partial charge on any atom is -0.491 e. The molecule has 0 bridgehead atoms.